The van der Waals surface area contributed by atoms with Crippen LogP contribution in [0.15, 0.2) is 111 Å². The zero-order valence-electron chi connectivity index (χ0n) is 16.2. The number of rotatable bonds is 7. The molecule has 0 aliphatic rings. The minimum atomic E-state index is -4.28. The molecule has 0 aliphatic carbocycles. The van der Waals surface area contributed by atoms with Crippen molar-refractivity contribution in [1.29, 1.82) is 5.26 Å². The second-order valence-corrected chi connectivity index (χ2v) is 10.2. The fourth-order valence-electron chi connectivity index (χ4n) is 2.65. The second kappa shape index (κ2) is 9.47. The van der Waals surface area contributed by atoms with Crippen molar-refractivity contribution in [1.82, 2.24) is 4.98 Å². The van der Waals surface area contributed by atoms with Gasteiger partial charge in [0.25, 0.3) is 0 Å². The maximum atomic E-state index is 13.1. The van der Waals surface area contributed by atoms with Crippen LogP contribution in [0, 0.1) is 11.3 Å². The fourth-order valence-corrected chi connectivity index (χ4v) is 5.37. The molecule has 3 aromatic rings. The number of nitriles is 1. The molecule has 0 saturated carbocycles. The van der Waals surface area contributed by atoms with E-state index in [1.165, 1.54) is 48.8 Å². The van der Waals surface area contributed by atoms with E-state index in [2.05, 4.69) is 9.98 Å². The van der Waals surface area contributed by atoms with E-state index in [-0.39, 0.29) is 15.5 Å². The molecule has 0 spiro atoms. The van der Waals surface area contributed by atoms with Gasteiger partial charge in [-0.1, -0.05) is 42.5 Å². The van der Waals surface area contributed by atoms with Gasteiger partial charge in [-0.05, 0) is 30.3 Å². The molecule has 7 nitrogen and oxygen atoms in total. The lowest BCUT2D eigenvalue weighted by Gasteiger charge is -2.09. The van der Waals surface area contributed by atoms with Crippen molar-refractivity contribution in [2.24, 2.45) is 4.99 Å². The third-order valence-corrected chi connectivity index (χ3v) is 7.57. The number of sulfone groups is 2. The van der Waals surface area contributed by atoms with Crippen LogP contribution in [-0.4, -0.2) is 33.8 Å². The molecule has 9 heteroatoms. The average Bonchev–Trinajstić information content (AvgIpc) is 2.79. The van der Waals surface area contributed by atoms with E-state index in [1.54, 1.807) is 48.7 Å². The number of hydrogen-bond acceptors (Lipinski definition) is 7. The van der Waals surface area contributed by atoms with E-state index in [4.69, 9.17) is 0 Å². The number of benzene rings is 2. The lowest BCUT2D eigenvalue weighted by atomic mass is 10.3. The lowest BCUT2D eigenvalue weighted by Crippen LogP contribution is -2.14. The van der Waals surface area contributed by atoms with Crippen molar-refractivity contribution in [2.45, 2.75) is 9.79 Å². The minimum absolute atomic E-state index is 0.00141. The standard InChI is InChI=1S/C22H17N3O4S2/c23-14-22(31(28,29)20-11-5-2-6-12-20)21(25-16-18-8-7-13-24-15-18)17-30(26,27)19-9-3-1-4-10-19/h1-13,15-16H,17H2. The monoisotopic (exact) mass is 451 g/mol. The Labute approximate surface area is 180 Å². The van der Waals surface area contributed by atoms with Gasteiger partial charge in [0.15, 0.2) is 14.7 Å². The molecule has 3 rings (SSSR count). The average molecular weight is 452 g/mol. The summed E-state index contributed by atoms with van der Waals surface area (Å²) in [6.07, 6.45) is 4.31. The molecule has 0 amide bonds. The largest absolute Gasteiger partial charge is 0.264 e. The fraction of sp³-hybridized carbons (Fsp3) is 0.0455. The first-order chi connectivity index (χ1) is 14.8. The maximum Gasteiger partial charge on any atom is 0.218 e. The molecule has 2 aromatic carbocycles. The predicted octanol–water partition coefficient (Wildman–Crippen LogP) is 3.18. The summed E-state index contributed by atoms with van der Waals surface area (Å²) in [5, 5.41) is 9.69. The third-order valence-electron chi connectivity index (χ3n) is 4.17. The van der Waals surface area contributed by atoms with E-state index in [1.807, 2.05) is 0 Å². The van der Waals surface area contributed by atoms with E-state index in [0.717, 1.165) is 0 Å². The van der Waals surface area contributed by atoms with E-state index < -0.39 is 30.3 Å². The Morgan fingerprint density at radius 3 is 2.06 bits per heavy atom. The number of hydrogen-bond donors (Lipinski definition) is 0. The number of aliphatic imine (C=N–C) groups is 1. The molecule has 31 heavy (non-hydrogen) atoms. The summed E-state index contributed by atoms with van der Waals surface area (Å²) in [7, 11) is -8.25. The van der Waals surface area contributed by atoms with Crippen molar-refractivity contribution < 1.29 is 16.8 Å². The Morgan fingerprint density at radius 1 is 0.903 bits per heavy atom. The van der Waals surface area contributed by atoms with Crippen LogP contribution in [0.4, 0.5) is 0 Å². The molecule has 1 heterocycles. The normalized spacial score (nSPS) is 12.9. The molecule has 1 aromatic heterocycles. The van der Waals surface area contributed by atoms with Crippen LogP contribution >= 0.6 is 0 Å². The van der Waals surface area contributed by atoms with Crippen molar-refractivity contribution in [3.05, 3.63) is 101 Å². The van der Waals surface area contributed by atoms with Crippen molar-refractivity contribution in [2.75, 3.05) is 5.75 Å². The van der Waals surface area contributed by atoms with Crippen LogP contribution in [0.3, 0.4) is 0 Å². The molecular weight excluding hydrogens is 434 g/mol. The summed E-state index contributed by atoms with van der Waals surface area (Å²) >= 11 is 0. The smallest absolute Gasteiger partial charge is 0.218 e. The highest BCUT2D eigenvalue weighted by molar-refractivity contribution is 7.95. The molecule has 0 atom stereocenters. The van der Waals surface area contributed by atoms with Gasteiger partial charge >= 0.3 is 0 Å². The van der Waals surface area contributed by atoms with Crippen LogP contribution in [0.5, 0.6) is 0 Å². The first-order valence-electron chi connectivity index (χ1n) is 9.00. The SMILES string of the molecule is N#CC(=C(CS(=O)(=O)c1ccccc1)N=Cc1cccnc1)S(=O)(=O)c1ccccc1. The molecule has 0 N–H and O–H groups in total. The van der Waals surface area contributed by atoms with Gasteiger partial charge in [0.2, 0.25) is 9.84 Å². The number of aromatic nitrogens is 1. The van der Waals surface area contributed by atoms with Crippen molar-refractivity contribution in [3.63, 3.8) is 0 Å². The number of allylic oxidation sites excluding steroid dienone is 1. The predicted molar refractivity (Wildman–Crippen MR) is 117 cm³/mol. The van der Waals surface area contributed by atoms with Gasteiger partial charge in [-0.15, -0.1) is 0 Å². The Balaban J connectivity index is 2.16. The zero-order chi connectivity index (χ0) is 22.3. The summed E-state index contributed by atoms with van der Waals surface area (Å²) in [5.74, 6) is -0.761. The molecule has 0 unspecified atom stereocenters. The lowest BCUT2D eigenvalue weighted by molar-refractivity contribution is 0.598. The zero-order valence-corrected chi connectivity index (χ0v) is 17.8. The highest BCUT2D eigenvalue weighted by atomic mass is 32.2. The molecule has 0 fully saturated rings. The summed E-state index contributed by atoms with van der Waals surface area (Å²) in [4.78, 5) is 7.19. The van der Waals surface area contributed by atoms with E-state index in [0.29, 0.717) is 5.56 Å². The topological polar surface area (TPSA) is 117 Å². The molecule has 156 valence electrons. The highest BCUT2D eigenvalue weighted by Crippen LogP contribution is 2.25. The van der Waals surface area contributed by atoms with E-state index in [9.17, 15) is 22.1 Å². The highest BCUT2D eigenvalue weighted by Gasteiger charge is 2.28. The van der Waals surface area contributed by atoms with Crippen molar-refractivity contribution in [3.8, 4) is 6.07 Å². The van der Waals surface area contributed by atoms with Gasteiger partial charge in [0.05, 0.1) is 21.2 Å². The summed E-state index contributed by atoms with van der Waals surface area (Å²) in [5.41, 5.74) is 0.144. The second-order valence-electron chi connectivity index (χ2n) is 6.32. The van der Waals surface area contributed by atoms with Crippen LogP contribution in [0.1, 0.15) is 5.56 Å². The van der Waals surface area contributed by atoms with Crippen LogP contribution < -0.4 is 0 Å². The molecule has 0 saturated heterocycles. The van der Waals surface area contributed by atoms with Crippen LogP contribution in [0.25, 0.3) is 0 Å². The van der Waals surface area contributed by atoms with Crippen LogP contribution in [0.2, 0.25) is 0 Å². The molecular formula is C22H17N3O4S2. The van der Waals surface area contributed by atoms with Crippen LogP contribution in [-0.2, 0) is 19.7 Å². The Kier molecular flexibility index (Phi) is 6.74. The number of pyridine rings is 1. The van der Waals surface area contributed by atoms with E-state index >= 15 is 0 Å². The minimum Gasteiger partial charge on any atom is -0.264 e. The molecule has 0 aliphatic heterocycles. The number of nitrogens with zero attached hydrogens (tertiary/aromatic N) is 3. The van der Waals surface area contributed by atoms with Gasteiger partial charge in [0, 0.05) is 24.2 Å². The quantitative estimate of drug-likeness (QED) is 0.402. The van der Waals surface area contributed by atoms with Gasteiger partial charge < -0.3 is 0 Å². The first-order valence-corrected chi connectivity index (χ1v) is 12.1. The van der Waals surface area contributed by atoms with Crippen molar-refractivity contribution >= 4 is 25.9 Å². The summed E-state index contributed by atoms with van der Waals surface area (Å²) in [6.45, 7) is 0. The Bertz CT molecular complexity index is 1360. The molecule has 0 bridgehead atoms. The van der Waals surface area contributed by atoms with Gasteiger partial charge in [-0.2, -0.15) is 5.26 Å². The van der Waals surface area contributed by atoms with Gasteiger partial charge in [0.1, 0.15) is 6.07 Å². The molecule has 0 radical (unpaired) electrons. The maximum absolute atomic E-state index is 13.1. The Morgan fingerprint density at radius 2 is 1.52 bits per heavy atom. The summed E-state index contributed by atoms with van der Waals surface area (Å²) in [6, 6.07) is 19.9. The first kappa shape index (κ1) is 22.1. The third kappa shape index (κ3) is 5.31. The Hall–Kier alpha value is -3.61. The van der Waals surface area contributed by atoms with Gasteiger partial charge in [-0.3, -0.25) is 9.98 Å². The van der Waals surface area contributed by atoms with Gasteiger partial charge in [-0.25, -0.2) is 16.8 Å². The summed E-state index contributed by atoms with van der Waals surface area (Å²) < 4.78 is 52.0.